The molecule has 0 rings (SSSR count). The molecule has 0 aromatic carbocycles. The zero-order chi connectivity index (χ0) is 12.6. The third kappa shape index (κ3) is 40.0. The highest BCUT2D eigenvalue weighted by Crippen LogP contribution is 1.92. The number of carboxylic acid groups (broad SMARTS) is 1. The molecule has 0 fully saturated rings. The lowest BCUT2D eigenvalue weighted by atomic mass is 10.2. The van der Waals surface area contributed by atoms with E-state index < -0.39 is 28.3 Å². The van der Waals surface area contributed by atoms with Crippen molar-refractivity contribution in [2.75, 3.05) is 0 Å². The predicted molar refractivity (Wildman–Crippen MR) is 58.3 cm³/mol. The van der Waals surface area contributed by atoms with Gasteiger partial charge in [-0.3, -0.25) is 18.7 Å². The number of hydrogen-bond donors (Lipinski definition) is 7. The monoisotopic (exact) mass is 278 g/mol. The molecule has 0 saturated heterocycles. The number of nitrogens with two attached hydrogens (primary N) is 2. The molecule has 0 aliphatic rings. The zero-order valence-corrected chi connectivity index (χ0v) is 9.76. The maximum Gasteiger partial charge on any atom is 0.394 e. The van der Waals surface area contributed by atoms with Gasteiger partial charge in [0.05, 0.1) is 0 Å². The Bertz CT molecular complexity index is 308. The first-order valence-electron chi connectivity index (χ1n) is 3.50. The third-order valence-electron chi connectivity index (χ3n) is 1.02. The number of amides is 1. The van der Waals surface area contributed by atoms with Crippen LogP contribution in [0.15, 0.2) is 0 Å². The molecule has 0 spiro atoms. The molecule has 11 nitrogen and oxygen atoms in total. The fourth-order valence-electron chi connectivity index (χ4n) is 0.421. The highest BCUT2D eigenvalue weighted by Gasteiger charge is 2.11. The van der Waals surface area contributed by atoms with Crippen molar-refractivity contribution in [2.45, 2.75) is 18.9 Å². The van der Waals surface area contributed by atoms with Crippen LogP contribution in [0.2, 0.25) is 0 Å². The van der Waals surface area contributed by atoms with Crippen molar-refractivity contribution in [1.82, 2.24) is 12.3 Å². The van der Waals surface area contributed by atoms with E-state index in [1.807, 2.05) is 0 Å². The molecular weight excluding hydrogens is 260 g/mol. The van der Waals surface area contributed by atoms with E-state index in [1.165, 1.54) is 0 Å². The van der Waals surface area contributed by atoms with E-state index >= 15 is 0 Å². The average Bonchev–Trinajstić information content (AvgIpc) is 1.96. The van der Waals surface area contributed by atoms with Gasteiger partial charge in [0.15, 0.2) is 0 Å². The molecule has 0 aromatic rings. The van der Waals surface area contributed by atoms with Crippen LogP contribution in [0, 0.1) is 0 Å². The van der Waals surface area contributed by atoms with Gasteiger partial charge in [-0.15, -0.1) is 0 Å². The molecule has 0 radical (unpaired) electrons. The summed E-state index contributed by atoms with van der Waals surface area (Å²) in [7, 11) is -4.67. The molecule has 0 bridgehead atoms. The van der Waals surface area contributed by atoms with E-state index in [0.29, 0.717) is 0 Å². The van der Waals surface area contributed by atoms with E-state index in [2.05, 4.69) is 0 Å². The fraction of sp³-hybridized carbons (Fsp3) is 0.600. The van der Waals surface area contributed by atoms with Gasteiger partial charge in [0, 0.05) is 6.42 Å². The van der Waals surface area contributed by atoms with E-state index in [-0.39, 0.29) is 25.1 Å². The lowest BCUT2D eigenvalue weighted by molar-refractivity contribution is -0.138. The molecule has 0 aliphatic carbocycles. The minimum Gasteiger partial charge on any atom is -0.480 e. The fourth-order valence-corrected chi connectivity index (χ4v) is 0.421. The van der Waals surface area contributed by atoms with Crippen LogP contribution >= 0.6 is 0 Å². The highest BCUT2D eigenvalue weighted by atomic mass is 32.3. The van der Waals surface area contributed by atoms with Crippen molar-refractivity contribution in [3.63, 3.8) is 0 Å². The molecule has 12 heteroatoms. The summed E-state index contributed by atoms with van der Waals surface area (Å²) < 4.78 is 31.6. The lowest BCUT2D eigenvalue weighted by Gasteiger charge is -2.01. The Morgan fingerprint density at radius 1 is 1.18 bits per heavy atom. The molecule has 106 valence electrons. The van der Waals surface area contributed by atoms with E-state index in [9.17, 15) is 9.59 Å². The number of carbonyl (C=O) groups excluding carboxylic acids is 1. The molecule has 1 unspecified atom stereocenters. The molecular formula is C5H18N4O7S. The van der Waals surface area contributed by atoms with Crippen molar-refractivity contribution in [1.29, 1.82) is 0 Å². The summed E-state index contributed by atoms with van der Waals surface area (Å²) in [5, 5.41) is 8.22. The number of carboxylic acids is 1. The van der Waals surface area contributed by atoms with Crippen LogP contribution in [0.25, 0.3) is 0 Å². The largest absolute Gasteiger partial charge is 0.480 e. The van der Waals surface area contributed by atoms with E-state index in [0.717, 1.165) is 0 Å². The molecule has 17 heavy (non-hydrogen) atoms. The molecule has 0 aromatic heterocycles. The number of carbonyl (C=O) groups is 2. The van der Waals surface area contributed by atoms with Gasteiger partial charge in [0.25, 0.3) is 0 Å². The number of hydrogen-bond acceptors (Lipinski definition) is 7. The number of primary amides is 1. The minimum absolute atomic E-state index is 0. The Kier molecular flexibility index (Phi) is 16.3. The molecule has 13 N–H and O–H groups in total. The third-order valence-corrected chi connectivity index (χ3v) is 1.02. The van der Waals surface area contributed by atoms with Crippen LogP contribution in [-0.2, 0) is 20.0 Å². The summed E-state index contributed by atoms with van der Waals surface area (Å²) in [6.07, 6.45) is 0.123. The maximum atomic E-state index is 10.1. The Morgan fingerprint density at radius 2 is 1.47 bits per heavy atom. The van der Waals surface area contributed by atoms with Gasteiger partial charge in [0.1, 0.15) is 6.04 Å². The lowest BCUT2D eigenvalue weighted by Crippen LogP contribution is -2.31. The first-order valence-corrected chi connectivity index (χ1v) is 4.90. The first-order chi connectivity index (χ1) is 6.54. The second-order valence-corrected chi connectivity index (χ2v) is 3.29. The average molecular weight is 278 g/mol. The maximum absolute atomic E-state index is 10.1. The number of rotatable bonds is 4. The van der Waals surface area contributed by atoms with Gasteiger partial charge >= 0.3 is 16.4 Å². The molecule has 0 heterocycles. The normalized spacial score (nSPS) is 10.8. The van der Waals surface area contributed by atoms with Crippen LogP contribution in [0.5, 0.6) is 0 Å². The van der Waals surface area contributed by atoms with Gasteiger partial charge in [-0.05, 0) is 6.42 Å². The van der Waals surface area contributed by atoms with Crippen LogP contribution in [0.4, 0.5) is 0 Å². The second-order valence-electron chi connectivity index (χ2n) is 2.40. The minimum atomic E-state index is -4.67. The van der Waals surface area contributed by atoms with Gasteiger partial charge in [-0.25, -0.2) is 0 Å². The van der Waals surface area contributed by atoms with Gasteiger partial charge in [-0.1, -0.05) is 0 Å². The SMILES string of the molecule is N.N.NC(=O)CCC(N)C(=O)O.O=S(=O)(O)O. The standard InChI is InChI=1S/C5H10N2O3.2H3N.H2O4S/c6-3(5(9)10)1-2-4(7)8;;;1-5(2,3)4/h3H,1-2,6H2,(H2,7,8)(H,9,10);2*1H3;(H2,1,2,3,4). The second kappa shape index (κ2) is 11.2. The Labute approximate surface area is 97.9 Å². The van der Waals surface area contributed by atoms with Crippen LogP contribution in [0.3, 0.4) is 0 Å². The topological polar surface area (TPSA) is 251 Å². The summed E-state index contributed by atoms with van der Waals surface area (Å²) >= 11 is 0. The smallest absolute Gasteiger partial charge is 0.394 e. The van der Waals surface area contributed by atoms with E-state index in [4.69, 9.17) is 34.1 Å². The summed E-state index contributed by atoms with van der Waals surface area (Å²) in [6, 6.07) is -0.979. The van der Waals surface area contributed by atoms with Crippen molar-refractivity contribution >= 4 is 22.3 Å². The van der Waals surface area contributed by atoms with Crippen LogP contribution in [0.1, 0.15) is 12.8 Å². The molecule has 1 atom stereocenters. The zero-order valence-electron chi connectivity index (χ0n) is 8.94. The van der Waals surface area contributed by atoms with Gasteiger partial charge < -0.3 is 28.9 Å². The highest BCUT2D eigenvalue weighted by molar-refractivity contribution is 7.79. The van der Waals surface area contributed by atoms with E-state index in [1.54, 1.807) is 0 Å². The summed E-state index contributed by atoms with van der Waals surface area (Å²) in [5.74, 6) is -1.64. The van der Waals surface area contributed by atoms with Crippen molar-refractivity contribution < 1.29 is 32.2 Å². The van der Waals surface area contributed by atoms with Crippen molar-refractivity contribution in [3.05, 3.63) is 0 Å². The summed E-state index contributed by atoms with van der Waals surface area (Å²) in [5.41, 5.74) is 9.81. The molecule has 0 saturated carbocycles. The Hall–Kier alpha value is -1.31. The molecule has 1 amide bonds. The van der Waals surface area contributed by atoms with Crippen LogP contribution < -0.4 is 23.8 Å². The first kappa shape index (κ1) is 24.8. The Morgan fingerprint density at radius 3 is 1.65 bits per heavy atom. The van der Waals surface area contributed by atoms with Gasteiger partial charge in [0.2, 0.25) is 5.91 Å². The quantitative estimate of drug-likeness (QED) is 0.288. The van der Waals surface area contributed by atoms with Crippen molar-refractivity contribution in [2.24, 2.45) is 11.5 Å². The predicted octanol–water partition coefficient (Wildman–Crippen LogP) is -1.66. The molecule has 0 aliphatic heterocycles. The summed E-state index contributed by atoms with van der Waals surface area (Å²) in [6.45, 7) is 0. The summed E-state index contributed by atoms with van der Waals surface area (Å²) in [4.78, 5) is 20.1. The Balaban J connectivity index is -0.000000105. The number of aliphatic carboxylic acids is 1. The van der Waals surface area contributed by atoms with Gasteiger partial charge in [-0.2, -0.15) is 8.42 Å². The van der Waals surface area contributed by atoms with Crippen molar-refractivity contribution in [3.8, 4) is 0 Å². The van der Waals surface area contributed by atoms with Crippen LogP contribution in [-0.4, -0.2) is 40.5 Å².